The molecule has 2 fully saturated rings. The molecule has 4 nitrogen and oxygen atoms in total. The van der Waals surface area contributed by atoms with Crippen LogP contribution in [0.25, 0.3) is 0 Å². The van der Waals surface area contributed by atoms with Crippen LogP contribution in [-0.2, 0) is 13.0 Å². The minimum atomic E-state index is -4.52. The van der Waals surface area contributed by atoms with E-state index in [-0.39, 0.29) is 12.1 Å². The fourth-order valence-electron chi connectivity index (χ4n) is 7.48. The monoisotopic (exact) mass is 613 g/mol. The molecule has 3 aliphatic rings. The van der Waals surface area contributed by atoms with Crippen LogP contribution in [0.4, 0.5) is 27.6 Å². The molecular formula is C35H40F5N3O. The number of piperidine rings is 1. The van der Waals surface area contributed by atoms with E-state index in [9.17, 15) is 13.2 Å². The highest BCUT2D eigenvalue weighted by Gasteiger charge is 2.40. The Bertz CT molecular complexity index is 1390. The van der Waals surface area contributed by atoms with Crippen molar-refractivity contribution in [2.24, 2.45) is 5.41 Å². The summed E-state index contributed by atoms with van der Waals surface area (Å²) in [4.78, 5) is 3.17. The van der Waals surface area contributed by atoms with Gasteiger partial charge in [0, 0.05) is 30.9 Å². The molecule has 0 aliphatic carbocycles. The molecule has 3 aromatic carbocycles. The predicted octanol–water partition coefficient (Wildman–Crippen LogP) is 7.80. The van der Waals surface area contributed by atoms with Gasteiger partial charge in [-0.3, -0.25) is 4.90 Å². The van der Waals surface area contributed by atoms with Crippen molar-refractivity contribution < 1.29 is 26.7 Å². The summed E-state index contributed by atoms with van der Waals surface area (Å²) in [5.41, 5.74) is 2.66. The van der Waals surface area contributed by atoms with Gasteiger partial charge in [0.2, 0.25) is 0 Å². The molecule has 9 heteroatoms. The summed E-state index contributed by atoms with van der Waals surface area (Å²) in [6.45, 7) is 2.58. The van der Waals surface area contributed by atoms with Gasteiger partial charge in [-0.15, -0.1) is 0 Å². The van der Waals surface area contributed by atoms with E-state index in [4.69, 9.17) is 4.74 Å². The van der Waals surface area contributed by atoms with Crippen LogP contribution < -0.4 is 15.0 Å². The first-order chi connectivity index (χ1) is 21.2. The van der Waals surface area contributed by atoms with E-state index >= 15 is 8.78 Å². The molecule has 1 N–H and O–H groups in total. The molecule has 1 unspecified atom stereocenters. The summed E-state index contributed by atoms with van der Waals surface area (Å²) in [6, 6.07) is 16.2. The summed E-state index contributed by atoms with van der Waals surface area (Å²) in [5.74, 6) is -1.06. The summed E-state index contributed by atoms with van der Waals surface area (Å²) in [7, 11) is 0. The highest BCUT2D eigenvalue weighted by atomic mass is 19.4. The Balaban J connectivity index is 1.26. The van der Waals surface area contributed by atoms with Crippen LogP contribution in [0.3, 0.4) is 0 Å². The molecule has 0 saturated carbocycles. The molecule has 2 saturated heterocycles. The van der Waals surface area contributed by atoms with Crippen molar-refractivity contribution in [1.82, 2.24) is 10.2 Å². The van der Waals surface area contributed by atoms with Gasteiger partial charge in [-0.25, -0.2) is 8.78 Å². The number of hydrogen-bond acceptors (Lipinski definition) is 4. The van der Waals surface area contributed by atoms with Gasteiger partial charge in [0.15, 0.2) is 0 Å². The Kier molecular flexibility index (Phi) is 9.15. The predicted molar refractivity (Wildman–Crippen MR) is 162 cm³/mol. The Hall–Kier alpha value is -3.17. The third kappa shape index (κ3) is 7.04. The fraction of sp³-hybridized carbons (Fsp3) is 0.486. The van der Waals surface area contributed by atoms with Crippen molar-refractivity contribution in [3.8, 4) is 5.75 Å². The zero-order chi connectivity index (χ0) is 30.7. The molecule has 3 aliphatic heterocycles. The van der Waals surface area contributed by atoms with Crippen molar-refractivity contribution in [1.29, 1.82) is 0 Å². The van der Waals surface area contributed by atoms with Gasteiger partial charge in [0.05, 0.1) is 12.6 Å². The lowest BCUT2D eigenvalue weighted by atomic mass is 9.71. The largest absolute Gasteiger partial charge is 0.489 e. The summed E-state index contributed by atoms with van der Waals surface area (Å²) in [6.07, 6.45) is 2.21. The number of halogens is 5. The molecule has 0 amide bonds. The van der Waals surface area contributed by atoms with Crippen LogP contribution in [-0.4, -0.2) is 50.3 Å². The molecule has 0 aromatic heterocycles. The molecule has 3 aromatic rings. The summed E-state index contributed by atoms with van der Waals surface area (Å²) < 4.78 is 79.0. The second-order valence-corrected chi connectivity index (χ2v) is 12.6. The van der Waals surface area contributed by atoms with E-state index in [0.29, 0.717) is 48.5 Å². The third-order valence-electron chi connectivity index (χ3n) is 9.71. The second-order valence-electron chi connectivity index (χ2n) is 12.6. The number of nitrogens with zero attached hydrogens (tertiary/aromatic N) is 2. The average molecular weight is 614 g/mol. The van der Waals surface area contributed by atoms with E-state index in [0.717, 1.165) is 54.8 Å². The van der Waals surface area contributed by atoms with Crippen LogP contribution in [0, 0.1) is 17.0 Å². The van der Waals surface area contributed by atoms with Crippen molar-refractivity contribution in [2.45, 2.75) is 63.8 Å². The Labute approximate surface area is 256 Å². The quantitative estimate of drug-likeness (QED) is 0.287. The van der Waals surface area contributed by atoms with E-state index in [1.54, 1.807) is 18.2 Å². The number of alkyl halides is 3. The molecule has 236 valence electrons. The second kappa shape index (κ2) is 13.1. The van der Waals surface area contributed by atoms with Gasteiger partial charge in [-0.1, -0.05) is 36.4 Å². The topological polar surface area (TPSA) is 27.7 Å². The number of rotatable bonds is 6. The van der Waals surface area contributed by atoms with Crippen LogP contribution >= 0.6 is 0 Å². The minimum absolute atomic E-state index is 0.0172. The van der Waals surface area contributed by atoms with Crippen molar-refractivity contribution in [3.63, 3.8) is 0 Å². The molecule has 1 spiro atoms. The zero-order valence-electron chi connectivity index (χ0n) is 24.9. The highest BCUT2D eigenvalue weighted by Crippen LogP contribution is 2.43. The molecule has 0 radical (unpaired) electrons. The molecule has 0 bridgehead atoms. The number of hydrogen-bond donors (Lipinski definition) is 1. The lowest BCUT2D eigenvalue weighted by Gasteiger charge is -2.41. The van der Waals surface area contributed by atoms with Crippen LogP contribution in [0.2, 0.25) is 0 Å². The van der Waals surface area contributed by atoms with Gasteiger partial charge in [0.1, 0.15) is 24.0 Å². The van der Waals surface area contributed by atoms with Gasteiger partial charge in [0.25, 0.3) is 0 Å². The summed E-state index contributed by atoms with van der Waals surface area (Å²) >= 11 is 0. The first-order valence-electron chi connectivity index (χ1n) is 15.7. The Morgan fingerprint density at radius 1 is 0.841 bits per heavy atom. The number of benzene rings is 3. The van der Waals surface area contributed by atoms with Gasteiger partial charge < -0.3 is 15.0 Å². The van der Waals surface area contributed by atoms with Crippen molar-refractivity contribution in [2.75, 3.05) is 44.2 Å². The van der Waals surface area contributed by atoms with Crippen LogP contribution in [0.15, 0.2) is 60.7 Å². The van der Waals surface area contributed by atoms with E-state index in [1.165, 1.54) is 25.0 Å². The van der Waals surface area contributed by atoms with E-state index in [2.05, 4.69) is 5.32 Å². The maximum absolute atomic E-state index is 16.0. The first kappa shape index (κ1) is 30.8. The minimum Gasteiger partial charge on any atom is -0.489 e. The molecule has 1 atom stereocenters. The zero-order valence-corrected chi connectivity index (χ0v) is 24.9. The standard InChI is InChI=1S/C35H40F5N3O/c36-30-21-27(42-17-4-11-34(12-5-18-42)13-15-41-16-14-34)22-31(37)32(30)33-29-9-8-28(44-23-25-6-2-1-3-7-25)20-26(29)10-19-43(33)24-35(38,39)40/h1-3,6-9,20-22,33,41H,4-5,10-19,23-24H2. The van der Waals surface area contributed by atoms with Crippen molar-refractivity contribution >= 4 is 5.69 Å². The Morgan fingerprint density at radius 3 is 2.18 bits per heavy atom. The maximum atomic E-state index is 16.0. The fourth-order valence-corrected chi connectivity index (χ4v) is 7.48. The molecule has 6 rings (SSSR count). The number of anilines is 1. The summed E-state index contributed by atoms with van der Waals surface area (Å²) in [5, 5.41) is 3.44. The van der Waals surface area contributed by atoms with Crippen LogP contribution in [0.5, 0.6) is 5.75 Å². The number of fused-ring (bicyclic) bond motifs is 1. The number of nitrogens with one attached hydrogen (secondary N) is 1. The molecule has 44 heavy (non-hydrogen) atoms. The first-order valence-corrected chi connectivity index (χ1v) is 15.7. The average Bonchev–Trinajstić information content (AvgIpc) is 2.99. The van der Waals surface area contributed by atoms with Gasteiger partial charge >= 0.3 is 6.18 Å². The SMILES string of the molecule is Fc1cc(N2CCCC3(CCC2)CCNCC3)cc(F)c1C1c2ccc(OCc3ccccc3)cc2CCN1CC(F)(F)F. The molecular weight excluding hydrogens is 573 g/mol. The normalized spacial score (nSPS) is 21.0. The molecule has 3 heterocycles. The Morgan fingerprint density at radius 2 is 1.52 bits per heavy atom. The lowest BCUT2D eigenvalue weighted by Crippen LogP contribution is -2.42. The lowest BCUT2D eigenvalue weighted by molar-refractivity contribution is -0.150. The van der Waals surface area contributed by atoms with Gasteiger partial charge in [-0.05, 0) is 104 Å². The van der Waals surface area contributed by atoms with E-state index in [1.807, 2.05) is 35.2 Å². The van der Waals surface area contributed by atoms with Gasteiger partial charge in [-0.2, -0.15) is 13.2 Å². The van der Waals surface area contributed by atoms with Crippen molar-refractivity contribution in [3.05, 3.63) is 94.6 Å². The number of ether oxygens (including phenoxy) is 1. The van der Waals surface area contributed by atoms with Crippen LogP contribution in [0.1, 0.15) is 66.8 Å². The highest BCUT2D eigenvalue weighted by molar-refractivity contribution is 5.52. The van der Waals surface area contributed by atoms with E-state index < -0.39 is 30.4 Å². The third-order valence-corrected chi connectivity index (χ3v) is 9.71. The smallest absolute Gasteiger partial charge is 0.401 e. The maximum Gasteiger partial charge on any atom is 0.401 e.